The average molecular weight is 357 g/mol. The number of aryl methyl sites for hydroxylation is 1. The van der Waals surface area contributed by atoms with Crippen LogP contribution in [-0.4, -0.2) is 10.7 Å². The Morgan fingerprint density at radius 1 is 1.19 bits per heavy atom. The van der Waals surface area contributed by atoms with Gasteiger partial charge in [-0.3, -0.25) is 0 Å². The minimum atomic E-state index is -0.258. The first-order valence-corrected chi connectivity index (χ1v) is 10.6. The molecule has 2 aliphatic rings. The summed E-state index contributed by atoms with van der Waals surface area (Å²) in [6, 6.07) is 4.16. The number of hydrogen-bond acceptors (Lipinski definition) is 2. The first-order chi connectivity index (χ1) is 12.3. The zero-order valence-electron chi connectivity index (χ0n) is 17.3. The third-order valence-corrected chi connectivity index (χ3v) is 6.23. The molecule has 0 fully saturated rings. The Balaban J connectivity index is 1.77. The number of phenolic OH excluding ortho intramolecular Hbond substituents is 1. The lowest BCUT2D eigenvalue weighted by molar-refractivity contribution is 0.140. The quantitative estimate of drug-likeness (QED) is 0.539. The van der Waals surface area contributed by atoms with Crippen molar-refractivity contribution in [1.29, 1.82) is 0 Å². The molecule has 1 aromatic carbocycles. The van der Waals surface area contributed by atoms with E-state index in [1.54, 1.807) is 0 Å². The Bertz CT molecular complexity index is 684. The van der Waals surface area contributed by atoms with Crippen LogP contribution in [0.25, 0.3) is 5.57 Å². The van der Waals surface area contributed by atoms with Crippen LogP contribution in [-0.2, 0) is 6.42 Å². The molecule has 2 nitrogen and oxygen atoms in total. The van der Waals surface area contributed by atoms with Gasteiger partial charge in [0.05, 0.1) is 5.56 Å². The summed E-state index contributed by atoms with van der Waals surface area (Å²) in [5, 5.41) is 10.8. The second-order valence-electron chi connectivity index (χ2n) is 9.21. The van der Waals surface area contributed by atoms with E-state index < -0.39 is 0 Å². The van der Waals surface area contributed by atoms with Gasteiger partial charge >= 0.3 is 0 Å². The van der Waals surface area contributed by atoms with E-state index in [1.807, 2.05) is 6.07 Å². The topological polar surface area (TPSA) is 29.5 Å². The molecule has 1 aromatic rings. The highest BCUT2D eigenvalue weighted by Crippen LogP contribution is 2.53. The Kier molecular flexibility index (Phi) is 5.69. The van der Waals surface area contributed by atoms with Crippen molar-refractivity contribution >= 4 is 5.57 Å². The summed E-state index contributed by atoms with van der Waals surface area (Å²) in [6.07, 6.45) is 9.59. The van der Waals surface area contributed by atoms with Crippen molar-refractivity contribution in [3.63, 3.8) is 0 Å². The maximum absolute atomic E-state index is 10.8. The van der Waals surface area contributed by atoms with Gasteiger partial charge in [-0.1, -0.05) is 46.5 Å². The van der Waals surface area contributed by atoms with E-state index in [4.69, 9.17) is 4.74 Å². The van der Waals surface area contributed by atoms with Gasteiger partial charge in [0.25, 0.3) is 0 Å². The second-order valence-corrected chi connectivity index (χ2v) is 9.21. The lowest BCUT2D eigenvalue weighted by Gasteiger charge is -2.35. The fourth-order valence-electron chi connectivity index (χ4n) is 4.70. The van der Waals surface area contributed by atoms with E-state index in [0.717, 1.165) is 36.5 Å². The molecule has 1 aliphatic heterocycles. The second kappa shape index (κ2) is 7.66. The van der Waals surface area contributed by atoms with Crippen LogP contribution in [0.15, 0.2) is 17.7 Å². The number of benzene rings is 1. The predicted octanol–water partition coefficient (Wildman–Crippen LogP) is 6.90. The van der Waals surface area contributed by atoms with Gasteiger partial charge in [-0.2, -0.15) is 0 Å². The van der Waals surface area contributed by atoms with Gasteiger partial charge in [0.1, 0.15) is 17.1 Å². The van der Waals surface area contributed by atoms with E-state index >= 15 is 0 Å². The van der Waals surface area contributed by atoms with Crippen LogP contribution in [0, 0.1) is 11.8 Å². The number of phenols is 1. The Hall–Kier alpha value is -1.44. The summed E-state index contributed by atoms with van der Waals surface area (Å²) in [5.41, 5.74) is 4.62. The monoisotopic (exact) mass is 356 g/mol. The smallest absolute Gasteiger partial charge is 0.132 e. The molecule has 0 amide bonds. The number of allylic oxidation sites excluding steroid dienone is 1. The number of rotatable bonds is 7. The van der Waals surface area contributed by atoms with Gasteiger partial charge in [0.2, 0.25) is 0 Å². The SMILES string of the molecule is CCCCCC(C)CCc1cc(O)c2c(c1)OC(C)(C)C1=C2CC(C)C1. The predicted molar refractivity (Wildman–Crippen MR) is 110 cm³/mol. The molecule has 0 bridgehead atoms. The third kappa shape index (κ3) is 3.94. The number of fused-ring (bicyclic) bond motifs is 2. The first kappa shape index (κ1) is 19.3. The van der Waals surface area contributed by atoms with E-state index in [1.165, 1.54) is 48.8 Å². The minimum absolute atomic E-state index is 0.258. The Morgan fingerprint density at radius 3 is 2.69 bits per heavy atom. The van der Waals surface area contributed by atoms with Gasteiger partial charge < -0.3 is 9.84 Å². The number of unbranched alkanes of at least 4 members (excludes halogenated alkanes) is 2. The molecule has 2 unspecified atom stereocenters. The normalized spacial score (nSPS) is 22.0. The van der Waals surface area contributed by atoms with Crippen LogP contribution in [0.1, 0.15) is 90.7 Å². The fourth-order valence-corrected chi connectivity index (χ4v) is 4.70. The maximum atomic E-state index is 10.8. The lowest BCUT2D eigenvalue weighted by atomic mass is 9.86. The van der Waals surface area contributed by atoms with Crippen molar-refractivity contribution in [2.45, 2.75) is 91.6 Å². The molecule has 1 heterocycles. The van der Waals surface area contributed by atoms with Crippen molar-refractivity contribution in [2.75, 3.05) is 0 Å². The molecule has 2 heteroatoms. The molecule has 0 spiro atoms. The standard InChI is InChI=1S/C24H36O2/c1-6-7-8-9-16(2)10-11-18-14-21(25)23-19-12-17(3)13-20(19)24(4,5)26-22(23)15-18/h14-17,25H,6-13H2,1-5H3. The molecule has 0 radical (unpaired) electrons. The zero-order valence-corrected chi connectivity index (χ0v) is 17.3. The third-order valence-electron chi connectivity index (χ3n) is 6.23. The largest absolute Gasteiger partial charge is 0.507 e. The van der Waals surface area contributed by atoms with Crippen molar-refractivity contribution in [3.05, 3.63) is 28.8 Å². The lowest BCUT2D eigenvalue weighted by Crippen LogP contribution is -2.33. The number of ether oxygens (including phenoxy) is 1. The van der Waals surface area contributed by atoms with Gasteiger partial charge in [0.15, 0.2) is 0 Å². The summed E-state index contributed by atoms with van der Waals surface area (Å²) < 4.78 is 6.37. The molecule has 144 valence electrons. The molecule has 0 saturated heterocycles. The van der Waals surface area contributed by atoms with Gasteiger partial charge in [0, 0.05) is 0 Å². The summed E-state index contributed by atoms with van der Waals surface area (Å²) >= 11 is 0. The molecule has 1 N–H and O–H groups in total. The average Bonchev–Trinajstić information content (AvgIpc) is 2.95. The highest BCUT2D eigenvalue weighted by Gasteiger charge is 2.40. The molecule has 0 saturated carbocycles. The zero-order chi connectivity index (χ0) is 18.9. The van der Waals surface area contributed by atoms with Crippen LogP contribution in [0.5, 0.6) is 11.5 Å². The van der Waals surface area contributed by atoms with Crippen LogP contribution in [0.4, 0.5) is 0 Å². The Labute approximate surface area is 159 Å². The highest BCUT2D eigenvalue weighted by molar-refractivity contribution is 5.82. The van der Waals surface area contributed by atoms with Crippen LogP contribution in [0.3, 0.4) is 0 Å². The maximum Gasteiger partial charge on any atom is 0.132 e. The molecule has 0 aromatic heterocycles. The van der Waals surface area contributed by atoms with E-state index in [2.05, 4.69) is 40.7 Å². The van der Waals surface area contributed by atoms with Crippen molar-refractivity contribution in [1.82, 2.24) is 0 Å². The van der Waals surface area contributed by atoms with Crippen LogP contribution < -0.4 is 4.74 Å². The molecule has 26 heavy (non-hydrogen) atoms. The van der Waals surface area contributed by atoms with Crippen LogP contribution >= 0.6 is 0 Å². The summed E-state index contributed by atoms with van der Waals surface area (Å²) in [4.78, 5) is 0. The van der Waals surface area contributed by atoms with Crippen molar-refractivity contribution < 1.29 is 9.84 Å². The number of hydrogen-bond donors (Lipinski definition) is 1. The van der Waals surface area contributed by atoms with Gasteiger partial charge in [-0.05, 0) is 80.2 Å². The van der Waals surface area contributed by atoms with Crippen LogP contribution in [0.2, 0.25) is 0 Å². The number of aromatic hydroxyl groups is 1. The fraction of sp³-hybridized carbons (Fsp3) is 0.667. The van der Waals surface area contributed by atoms with E-state index in [-0.39, 0.29) is 5.60 Å². The van der Waals surface area contributed by atoms with E-state index in [9.17, 15) is 5.11 Å². The molecular weight excluding hydrogens is 320 g/mol. The first-order valence-electron chi connectivity index (χ1n) is 10.6. The molecule has 3 rings (SSSR count). The molecular formula is C24H36O2. The van der Waals surface area contributed by atoms with Crippen molar-refractivity contribution in [2.24, 2.45) is 11.8 Å². The minimum Gasteiger partial charge on any atom is -0.507 e. The van der Waals surface area contributed by atoms with Gasteiger partial charge in [-0.25, -0.2) is 0 Å². The van der Waals surface area contributed by atoms with Crippen molar-refractivity contribution in [3.8, 4) is 11.5 Å². The summed E-state index contributed by atoms with van der Waals surface area (Å²) in [7, 11) is 0. The Morgan fingerprint density at radius 2 is 1.96 bits per heavy atom. The highest BCUT2D eigenvalue weighted by atomic mass is 16.5. The summed E-state index contributed by atoms with van der Waals surface area (Å²) in [6.45, 7) is 11.2. The van der Waals surface area contributed by atoms with Gasteiger partial charge in [-0.15, -0.1) is 0 Å². The molecule has 1 aliphatic carbocycles. The summed E-state index contributed by atoms with van der Waals surface area (Å²) in [5.74, 6) is 2.67. The molecule has 2 atom stereocenters. The van der Waals surface area contributed by atoms with E-state index in [0.29, 0.717) is 11.7 Å².